The SMILES string of the molecule is CC(C)N(/C=C\C#N)C(C)C. The van der Waals surface area contributed by atoms with Gasteiger partial charge in [0.15, 0.2) is 0 Å². The van der Waals surface area contributed by atoms with Crippen molar-refractivity contribution in [3.8, 4) is 6.07 Å². The van der Waals surface area contributed by atoms with E-state index in [0.29, 0.717) is 12.1 Å². The molecule has 0 fully saturated rings. The highest BCUT2D eigenvalue weighted by Gasteiger charge is 2.06. The van der Waals surface area contributed by atoms with Gasteiger partial charge in [0, 0.05) is 24.4 Å². The van der Waals surface area contributed by atoms with Gasteiger partial charge in [-0.3, -0.25) is 0 Å². The Labute approximate surface area is 69.1 Å². The molecule has 0 unspecified atom stereocenters. The van der Waals surface area contributed by atoms with E-state index in [2.05, 4.69) is 32.6 Å². The van der Waals surface area contributed by atoms with Crippen LogP contribution in [0.25, 0.3) is 0 Å². The minimum atomic E-state index is 0.458. The van der Waals surface area contributed by atoms with E-state index in [1.54, 1.807) is 0 Å². The lowest BCUT2D eigenvalue weighted by molar-refractivity contribution is 0.256. The van der Waals surface area contributed by atoms with Gasteiger partial charge >= 0.3 is 0 Å². The van der Waals surface area contributed by atoms with Crippen LogP contribution in [-0.2, 0) is 0 Å². The van der Waals surface area contributed by atoms with Crippen molar-refractivity contribution in [1.29, 1.82) is 5.26 Å². The zero-order chi connectivity index (χ0) is 8.85. The molecule has 0 aromatic carbocycles. The molecule has 0 atom stereocenters. The largest absolute Gasteiger partial charge is 0.372 e. The van der Waals surface area contributed by atoms with Crippen molar-refractivity contribution in [2.75, 3.05) is 0 Å². The van der Waals surface area contributed by atoms with Crippen molar-refractivity contribution < 1.29 is 0 Å². The molecule has 0 bridgehead atoms. The third kappa shape index (κ3) is 3.67. The molecule has 0 spiro atoms. The Morgan fingerprint density at radius 3 is 1.91 bits per heavy atom. The Morgan fingerprint density at radius 2 is 1.64 bits per heavy atom. The molecule has 0 aromatic heterocycles. The van der Waals surface area contributed by atoms with Crippen LogP contribution in [0.3, 0.4) is 0 Å². The van der Waals surface area contributed by atoms with Gasteiger partial charge in [-0.05, 0) is 27.7 Å². The molecule has 0 heterocycles. The van der Waals surface area contributed by atoms with Gasteiger partial charge in [-0.15, -0.1) is 0 Å². The van der Waals surface area contributed by atoms with E-state index in [0.717, 1.165) is 0 Å². The minimum Gasteiger partial charge on any atom is -0.372 e. The van der Waals surface area contributed by atoms with Crippen molar-refractivity contribution in [2.24, 2.45) is 0 Å². The maximum atomic E-state index is 8.32. The van der Waals surface area contributed by atoms with Crippen LogP contribution in [-0.4, -0.2) is 17.0 Å². The predicted molar refractivity (Wildman–Crippen MR) is 46.9 cm³/mol. The third-order valence-corrected chi connectivity index (χ3v) is 1.51. The third-order valence-electron chi connectivity index (χ3n) is 1.51. The number of nitrogens with zero attached hydrogens (tertiary/aromatic N) is 2. The summed E-state index contributed by atoms with van der Waals surface area (Å²) >= 11 is 0. The van der Waals surface area contributed by atoms with Crippen molar-refractivity contribution in [3.63, 3.8) is 0 Å². The van der Waals surface area contributed by atoms with Crippen LogP contribution < -0.4 is 0 Å². The molecule has 0 radical (unpaired) electrons. The highest BCUT2D eigenvalue weighted by atomic mass is 15.1. The molecule has 0 saturated heterocycles. The van der Waals surface area contributed by atoms with Crippen LogP contribution in [0.15, 0.2) is 12.3 Å². The van der Waals surface area contributed by atoms with Crippen molar-refractivity contribution in [3.05, 3.63) is 12.3 Å². The first-order valence-corrected chi connectivity index (χ1v) is 3.93. The highest BCUT2D eigenvalue weighted by Crippen LogP contribution is 2.04. The zero-order valence-electron chi connectivity index (χ0n) is 7.70. The number of hydrogen-bond donors (Lipinski definition) is 0. The zero-order valence-corrected chi connectivity index (χ0v) is 7.70. The van der Waals surface area contributed by atoms with Gasteiger partial charge in [-0.25, -0.2) is 0 Å². The molecule has 0 amide bonds. The summed E-state index contributed by atoms with van der Waals surface area (Å²) in [4.78, 5) is 2.14. The molecular weight excluding hydrogens is 136 g/mol. The average molecular weight is 152 g/mol. The van der Waals surface area contributed by atoms with Crippen LogP contribution in [0.2, 0.25) is 0 Å². The quantitative estimate of drug-likeness (QED) is 0.579. The van der Waals surface area contributed by atoms with Crippen LogP contribution in [0.5, 0.6) is 0 Å². The smallest absolute Gasteiger partial charge is 0.0927 e. The fourth-order valence-corrected chi connectivity index (χ4v) is 1.06. The van der Waals surface area contributed by atoms with E-state index in [1.807, 2.05) is 12.3 Å². The van der Waals surface area contributed by atoms with Gasteiger partial charge in [0.2, 0.25) is 0 Å². The molecule has 0 rings (SSSR count). The van der Waals surface area contributed by atoms with Crippen LogP contribution in [0.4, 0.5) is 0 Å². The molecule has 0 aliphatic heterocycles. The van der Waals surface area contributed by atoms with Crippen LogP contribution in [0, 0.1) is 11.3 Å². The van der Waals surface area contributed by atoms with Gasteiger partial charge in [0.1, 0.15) is 0 Å². The summed E-state index contributed by atoms with van der Waals surface area (Å²) in [7, 11) is 0. The summed E-state index contributed by atoms with van der Waals surface area (Å²) in [5, 5.41) is 8.32. The first kappa shape index (κ1) is 10.0. The van der Waals surface area contributed by atoms with Crippen molar-refractivity contribution in [2.45, 2.75) is 39.8 Å². The molecule has 0 saturated carbocycles. The monoisotopic (exact) mass is 152 g/mol. The van der Waals surface area contributed by atoms with Crippen molar-refractivity contribution in [1.82, 2.24) is 4.90 Å². The molecule has 2 nitrogen and oxygen atoms in total. The van der Waals surface area contributed by atoms with Gasteiger partial charge in [0.25, 0.3) is 0 Å². The molecule has 0 aromatic rings. The Hall–Kier alpha value is -0.970. The van der Waals surface area contributed by atoms with E-state index >= 15 is 0 Å². The number of allylic oxidation sites excluding steroid dienone is 1. The standard InChI is InChI=1S/C9H16N2/c1-8(2)11(9(3)4)7-5-6-10/h5,7-9H,1-4H3/b7-5-. The first-order valence-electron chi connectivity index (χ1n) is 3.93. The normalized spacial score (nSPS) is 11.0. The molecular formula is C9H16N2. The van der Waals surface area contributed by atoms with Gasteiger partial charge in [-0.1, -0.05) is 0 Å². The Balaban J connectivity index is 4.14. The predicted octanol–water partition coefficient (Wildman–Crippen LogP) is 2.14. The summed E-state index contributed by atoms with van der Waals surface area (Å²) in [6.07, 6.45) is 3.36. The lowest BCUT2D eigenvalue weighted by Gasteiger charge is -2.28. The van der Waals surface area contributed by atoms with Gasteiger partial charge < -0.3 is 4.90 Å². The van der Waals surface area contributed by atoms with Crippen LogP contribution in [0.1, 0.15) is 27.7 Å². The molecule has 62 valence electrons. The summed E-state index contributed by atoms with van der Waals surface area (Å²) in [6, 6.07) is 2.90. The average Bonchev–Trinajstić information content (AvgIpc) is 1.87. The summed E-state index contributed by atoms with van der Waals surface area (Å²) in [6.45, 7) is 8.45. The Kier molecular flexibility index (Phi) is 4.36. The van der Waals surface area contributed by atoms with E-state index in [1.165, 1.54) is 6.08 Å². The summed E-state index contributed by atoms with van der Waals surface area (Å²) < 4.78 is 0. The first-order chi connectivity index (χ1) is 5.09. The molecule has 0 aliphatic rings. The maximum Gasteiger partial charge on any atom is 0.0927 e. The Bertz CT molecular complexity index is 155. The molecule has 11 heavy (non-hydrogen) atoms. The lowest BCUT2D eigenvalue weighted by atomic mass is 10.2. The highest BCUT2D eigenvalue weighted by molar-refractivity contribution is 5.02. The number of hydrogen-bond acceptors (Lipinski definition) is 2. The Morgan fingerprint density at radius 1 is 1.18 bits per heavy atom. The summed E-state index contributed by atoms with van der Waals surface area (Å²) in [5.41, 5.74) is 0. The minimum absolute atomic E-state index is 0.458. The molecule has 0 N–H and O–H groups in total. The second kappa shape index (κ2) is 4.79. The summed E-state index contributed by atoms with van der Waals surface area (Å²) in [5.74, 6) is 0. The van der Waals surface area contributed by atoms with Gasteiger partial charge in [0.05, 0.1) is 6.07 Å². The van der Waals surface area contributed by atoms with E-state index in [4.69, 9.17) is 5.26 Å². The second-order valence-corrected chi connectivity index (χ2v) is 3.08. The fourth-order valence-electron chi connectivity index (χ4n) is 1.06. The van der Waals surface area contributed by atoms with Crippen LogP contribution >= 0.6 is 0 Å². The number of rotatable bonds is 3. The second-order valence-electron chi connectivity index (χ2n) is 3.08. The molecule has 2 heteroatoms. The van der Waals surface area contributed by atoms with Crippen molar-refractivity contribution >= 4 is 0 Å². The number of nitriles is 1. The molecule has 0 aliphatic carbocycles. The van der Waals surface area contributed by atoms with Gasteiger partial charge in [-0.2, -0.15) is 5.26 Å². The topological polar surface area (TPSA) is 27.0 Å². The maximum absolute atomic E-state index is 8.32. The van der Waals surface area contributed by atoms with E-state index in [9.17, 15) is 0 Å². The van der Waals surface area contributed by atoms with E-state index in [-0.39, 0.29) is 0 Å². The van der Waals surface area contributed by atoms with E-state index < -0.39 is 0 Å². The fraction of sp³-hybridized carbons (Fsp3) is 0.667. The lowest BCUT2D eigenvalue weighted by Crippen LogP contribution is -2.31.